The molecule has 1 aromatic carbocycles. The van der Waals surface area contributed by atoms with Gasteiger partial charge in [-0.1, -0.05) is 34.8 Å². The number of carbonyl (C=O) groups is 2. The van der Waals surface area contributed by atoms with Crippen LogP contribution in [0.25, 0.3) is 0 Å². The highest BCUT2D eigenvalue weighted by atomic mass is 35.5. The van der Waals surface area contributed by atoms with Gasteiger partial charge in [-0.05, 0) is 13.0 Å². The first-order valence-electron chi connectivity index (χ1n) is 5.45. The van der Waals surface area contributed by atoms with Crippen molar-refractivity contribution in [3.63, 3.8) is 0 Å². The second-order valence-corrected chi connectivity index (χ2v) is 4.70. The van der Waals surface area contributed by atoms with Crippen molar-refractivity contribution in [2.75, 3.05) is 6.61 Å². The Morgan fingerprint density at radius 3 is 2.37 bits per heavy atom. The van der Waals surface area contributed by atoms with Gasteiger partial charge in [-0.3, -0.25) is 9.59 Å². The van der Waals surface area contributed by atoms with Gasteiger partial charge in [0.25, 0.3) is 0 Å². The molecule has 0 N–H and O–H groups in total. The second kappa shape index (κ2) is 7.58. The van der Waals surface area contributed by atoms with E-state index in [1.165, 1.54) is 12.1 Å². The first-order valence-corrected chi connectivity index (χ1v) is 6.58. The summed E-state index contributed by atoms with van der Waals surface area (Å²) in [6, 6.07) is 2.80. The average molecular weight is 326 g/mol. The normalized spacial score (nSPS) is 10.1. The molecule has 0 aromatic heterocycles. The van der Waals surface area contributed by atoms with Gasteiger partial charge in [0, 0.05) is 11.1 Å². The van der Waals surface area contributed by atoms with E-state index in [2.05, 4.69) is 4.74 Å². The summed E-state index contributed by atoms with van der Waals surface area (Å²) >= 11 is 17.4. The Labute approximate surface area is 125 Å². The van der Waals surface area contributed by atoms with Crippen LogP contribution in [-0.4, -0.2) is 18.5 Å². The fourth-order valence-electron chi connectivity index (χ4n) is 1.22. The molecule has 0 saturated heterocycles. The third-order valence-electron chi connectivity index (χ3n) is 2.02. The molecule has 19 heavy (non-hydrogen) atoms. The Bertz CT molecular complexity index is 488. The minimum absolute atomic E-state index is 0.0570. The van der Waals surface area contributed by atoms with Gasteiger partial charge in [-0.15, -0.1) is 0 Å². The molecule has 0 heterocycles. The molecule has 0 atom stereocenters. The van der Waals surface area contributed by atoms with Crippen molar-refractivity contribution in [3.8, 4) is 5.75 Å². The minimum Gasteiger partial charge on any atom is -0.466 e. The Morgan fingerprint density at radius 1 is 1.11 bits per heavy atom. The quantitative estimate of drug-likeness (QED) is 0.468. The van der Waals surface area contributed by atoms with E-state index >= 15 is 0 Å². The molecular formula is C12H11Cl3O4. The van der Waals surface area contributed by atoms with Crippen LogP contribution in [0, 0.1) is 0 Å². The molecule has 0 saturated carbocycles. The highest BCUT2D eigenvalue weighted by Gasteiger charge is 2.14. The van der Waals surface area contributed by atoms with Crippen LogP contribution >= 0.6 is 34.8 Å². The maximum atomic E-state index is 11.5. The smallest absolute Gasteiger partial charge is 0.311 e. The van der Waals surface area contributed by atoms with Gasteiger partial charge in [0.1, 0.15) is 5.02 Å². The van der Waals surface area contributed by atoms with Gasteiger partial charge >= 0.3 is 11.9 Å². The largest absolute Gasteiger partial charge is 0.466 e. The minimum atomic E-state index is -0.617. The molecule has 1 aromatic rings. The average Bonchev–Trinajstić information content (AvgIpc) is 2.33. The molecule has 0 fully saturated rings. The first kappa shape index (κ1) is 16.1. The van der Waals surface area contributed by atoms with Crippen molar-refractivity contribution >= 4 is 46.7 Å². The molecule has 0 amide bonds. The molecular weight excluding hydrogens is 314 g/mol. The SMILES string of the molecule is CCOC(=O)CCC(=O)Oc1cc(Cl)cc(Cl)c1Cl. The molecule has 7 heteroatoms. The molecule has 4 nitrogen and oxygen atoms in total. The topological polar surface area (TPSA) is 52.6 Å². The highest BCUT2D eigenvalue weighted by Crippen LogP contribution is 2.35. The summed E-state index contributed by atoms with van der Waals surface area (Å²) in [7, 11) is 0. The Balaban J connectivity index is 2.60. The van der Waals surface area contributed by atoms with E-state index in [0.717, 1.165) is 0 Å². The fourth-order valence-corrected chi connectivity index (χ4v) is 1.84. The number of esters is 2. The lowest BCUT2D eigenvalue weighted by atomic mass is 10.3. The third-order valence-corrected chi connectivity index (χ3v) is 3.02. The van der Waals surface area contributed by atoms with Gasteiger partial charge in [0.15, 0.2) is 5.75 Å². The Hall–Kier alpha value is -0.970. The van der Waals surface area contributed by atoms with E-state index in [-0.39, 0.29) is 35.2 Å². The first-order chi connectivity index (χ1) is 8.93. The van der Waals surface area contributed by atoms with Crippen molar-refractivity contribution in [2.24, 2.45) is 0 Å². The summed E-state index contributed by atoms with van der Waals surface area (Å²) in [6.07, 6.45) is -0.169. The van der Waals surface area contributed by atoms with Crippen molar-refractivity contribution in [3.05, 3.63) is 27.2 Å². The van der Waals surface area contributed by atoms with E-state index in [9.17, 15) is 9.59 Å². The van der Waals surface area contributed by atoms with Crippen LogP contribution in [0.1, 0.15) is 19.8 Å². The zero-order chi connectivity index (χ0) is 14.4. The van der Waals surface area contributed by atoms with Crippen LogP contribution in [-0.2, 0) is 14.3 Å². The maximum Gasteiger partial charge on any atom is 0.311 e. The molecule has 0 unspecified atom stereocenters. The number of rotatable bonds is 5. The van der Waals surface area contributed by atoms with Crippen LogP contribution < -0.4 is 4.74 Å². The molecule has 0 radical (unpaired) electrons. The lowest BCUT2D eigenvalue weighted by Gasteiger charge is -2.08. The summed E-state index contributed by atoms with van der Waals surface area (Å²) in [5, 5.41) is 0.570. The zero-order valence-corrected chi connectivity index (χ0v) is 12.3. The predicted molar refractivity (Wildman–Crippen MR) is 73.0 cm³/mol. The number of hydrogen-bond acceptors (Lipinski definition) is 4. The summed E-state index contributed by atoms with van der Waals surface area (Å²) < 4.78 is 9.68. The van der Waals surface area contributed by atoms with Gasteiger partial charge in [0.2, 0.25) is 0 Å². The molecule has 0 aliphatic heterocycles. The fraction of sp³-hybridized carbons (Fsp3) is 0.333. The maximum absolute atomic E-state index is 11.5. The zero-order valence-electron chi connectivity index (χ0n) is 10.0. The van der Waals surface area contributed by atoms with Crippen LogP contribution in [0.3, 0.4) is 0 Å². The molecule has 0 spiro atoms. The predicted octanol–water partition coefficient (Wildman–Crippen LogP) is 3.90. The van der Waals surface area contributed by atoms with Crippen molar-refractivity contribution in [1.82, 2.24) is 0 Å². The molecule has 0 aliphatic carbocycles. The van der Waals surface area contributed by atoms with Gasteiger partial charge < -0.3 is 9.47 Å². The van der Waals surface area contributed by atoms with Crippen molar-refractivity contribution in [2.45, 2.75) is 19.8 Å². The number of halogens is 3. The van der Waals surface area contributed by atoms with E-state index in [1.807, 2.05) is 0 Å². The van der Waals surface area contributed by atoms with E-state index < -0.39 is 11.9 Å². The monoisotopic (exact) mass is 324 g/mol. The van der Waals surface area contributed by atoms with Gasteiger partial charge in [0.05, 0.1) is 24.5 Å². The molecule has 0 aliphatic rings. The molecule has 104 valence electrons. The number of carbonyl (C=O) groups excluding carboxylic acids is 2. The Morgan fingerprint density at radius 2 is 1.74 bits per heavy atom. The van der Waals surface area contributed by atoms with Crippen LogP contribution in [0.5, 0.6) is 5.75 Å². The molecule has 0 bridgehead atoms. The summed E-state index contributed by atoms with van der Waals surface area (Å²) in [5.74, 6) is -1.02. The lowest BCUT2D eigenvalue weighted by molar-refractivity contribution is -0.146. The van der Waals surface area contributed by atoms with E-state index in [1.54, 1.807) is 6.92 Å². The lowest BCUT2D eigenvalue weighted by Crippen LogP contribution is -2.12. The van der Waals surface area contributed by atoms with Gasteiger partial charge in [-0.2, -0.15) is 0 Å². The summed E-state index contributed by atoms with van der Waals surface area (Å²) in [6.45, 7) is 1.95. The summed E-state index contributed by atoms with van der Waals surface area (Å²) in [5.41, 5.74) is 0. The summed E-state index contributed by atoms with van der Waals surface area (Å²) in [4.78, 5) is 22.6. The molecule has 1 rings (SSSR count). The number of benzene rings is 1. The van der Waals surface area contributed by atoms with Gasteiger partial charge in [-0.25, -0.2) is 0 Å². The highest BCUT2D eigenvalue weighted by molar-refractivity contribution is 6.44. The second-order valence-electron chi connectivity index (χ2n) is 3.48. The van der Waals surface area contributed by atoms with Crippen molar-refractivity contribution < 1.29 is 19.1 Å². The number of hydrogen-bond donors (Lipinski definition) is 0. The van der Waals surface area contributed by atoms with Crippen LogP contribution in [0.2, 0.25) is 15.1 Å². The standard InChI is InChI=1S/C12H11Cl3O4/c1-2-18-10(16)3-4-11(17)19-9-6-7(13)5-8(14)12(9)15/h5-6H,2-4H2,1H3. The third kappa shape index (κ3) is 5.27. The van der Waals surface area contributed by atoms with Crippen molar-refractivity contribution in [1.29, 1.82) is 0 Å². The van der Waals surface area contributed by atoms with Crippen LogP contribution in [0.15, 0.2) is 12.1 Å². The van der Waals surface area contributed by atoms with E-state index in [0.29, 0.717) is 5.02 Å². The van der Waals surface area contributed by atoms with E-state index in [4.69, 9.17) is 39.5 Å². The van der Waals surface area contributed by atoms with Crippen LogP contribution in [0.4, 0.5) is 0 Å². The Kier molecular flexibility index (Phi) is 6.42. The number of ether oxygens (including phenoxy) is 2.